The first-order chi connectivity index (χ1) is 16.9. The molecule has 1 atom stereocenters. The Balaban J connectivity index is 2.09. The van der Waals surface area contributed by atoms with Crippen molar-refractivity contribution in [2.75, 3.05) is 0 Å². The van der Waals surface area contributed by atoms with Gasteiger partial charge in [0, 0.05) is 0 Å². The van der Waals surface area contributed by atoms with E-state index in [1.165, 1.54) is 18.2 Å². The molecule has 1 aliphatic rings. The van der Waals surface area contributed by atoms with Crippen LogP contribution in [0.1, 0.15) is 28.2 Å². The number of alkyl halides is 6. The molecule has 0 saturated carbocycles. The van der Waals surface area contributed by atoms with Gasteiger partial charge in [0.1, 0.15) is 10.5 Å². The summed E-state index contributed by atoms with van der Waals surface area (Å²) in [5, 5.41) is 19.6. The van der Waals surface area contributed by atoms with Gasteiger partial charge in [0.2, 0.25) is 0 Å². The first-order valence-corrected chi connectivity index (χ1v) is 10.8. The van der Waals surface area contributed by atoms with Crippen LogP contribution >= 0.6 is 11.3 Å². The zero-order valence-corrected chi connectivity index (χ0v) is 18.6. The number of halogens is 6. The first-order valence-electron chi connectivity index (χ1n) is 10.0. The van der Waals surface area contributed by atoms with E-state index >= 15 is 0 Å². The molecule has 1 unspecified atom stereocenters. The maximum absolute atomic E-state index is 13.7. The van der Waals surface area contributed by atoms with Crippen molar-refractivity contribution in [3.8, 4) is 12.1 Å². The Hall–Kier alpha value is -4.29. The predicted octanol–water partition coefficient (Wildman–Crippen LogP) is 3.90. The first kappa shape index (κ1) is 24.8. The number of rotatable bonds is 2. The zero-order valence-electron chi connectivity index (χ0n) is 17.8. The number of fused-ring (bicyclic) bond motifs is 1. The largest absolute Gasteiger partial charge is 0.416 e. The Morgan fingerprint density at radius 1 is 0.889 bits per heavy atom. The molecule has 1 aromatic heterocycles. The Kier molecular flexibility index (Phi) is 6.02. The van der Waals surface area contributed by atoms with Gasteiger partial charge in [0.05, 0.1) is 44.9 Å². The molecule has 2 N–H and O–H groups in total. The number of benzene rings is 2. The van der Waals surface area contributed by atoms with Crippen molar-refractivity contribution in [3.63, 3.8) is 0 Å². The summed E-state index contributed by atoms with van der Waals surface area (Å²) in [4.78, 5) is 13.1. The summed E-state index contributed by atoms with van der Waals surface area (Å²) in [5.74, 6) is -2.04. The minimum Gasteiger partial charge on any atom is -0.384 e. The SMILES string of the molecule is N#CC1=C(N)n2c(s/c(=C\c3ccccc3C(F)(F)F)c2=O)=C(C#N)C1c1ccccc1C(F)(F)F. The van der Waals surface area contributed by atoms with E-state index in [0.717, 1.165) is 41.0 Å². The van der Waals surface area contributed by atoms with E-state index in [2.05, 4.69) is 0 Å². The molecule has 0 spiro atoms. The minimum atomic E-state index is -4.82. The Bertz CT molecular complexity index is 1680. The van der Waals surface area contributed by atoms with E-state index in [-0.39, 0.29) is 20.3 Å². The summed E-state index contributed by atoms with van der Waals surface area (Å²) in [7, 11) is 0. The monoisotopic (exact) mass is 518 g/mol. The second-order valence-corrected chi connectivity index (χ2v) is 8.63. The molecule has 36 heavy (non-hydrogen) atoms. The van der Waals surface area contributed by atoms with Gasteiger partial charge in [-0.3, -0.25) is 9.36 Å². The smallest absolute Gasteiger partial charge is 0.384 e. The molecule has 5 nitrogen and oxygen atoms in total. The second-order valence-electron chi connectivity index (χ2n) is 7.60. The third-order valence-electron chi connectivity index (χ3n) is 5.52. The fraction of sp³-hybridized carbons (Fsp3) is 0.125. The molecule has 12 heteroatoms. The lowest BCUT2D eigenvalue weighted by atomic mass is 9.82. The van der Waals surface area contributed by atoms with Crippen LogP contribution in [0, 0.1) is 22.7 Å². The maximum Gasteiger partial charge on any atom is 0.416 e. The quantitative estimate of drug-likeness (QED) is 0.521. The van der Waals surface area contributed by atoms with Crippen molar-refractivity contribution >= 4 is 28.8 Å². The number of allylic oxidation sites excluding steroid dienone is 1. The van der Waals surface area contributed by atoms with Crippen molar-refractivity contribution in [3.05, 3.63) is 95.9 Å². The summed E-state index contributed by atoms with van der Waals surface area (Å²) >= 11 is 0.600. The summed E-state index contributed by atoms with van der Waals surface area (Å²) in [6.07, 6.45) is -8.57. The normalized spacial score (nSPS) is 16.5. The van der Waals surface area contributed by atoms with Crippen LogP contribution in [0.15, 0.2) is 58.9 Å². The van der Waals surface area contributed by atoms with E-state index in [4.69, 9.17) is 5.73 Å². The molecule has 0 fully saturated rings. The molecule has 2 aromatic carbocycles. The lowest BCUT2D eigenvalue weighted by Gasteiger charge is -2.24. The molecule has 0 radical (unpaired) electrons. The van der Waals surface area contributed by atoms with E-state index in [1.807, 2.05) is 0 Å². The van der Waals surface area contributed by atoms with Gasteiger partial charge < -0.3 is 5.73 Å². The van der Waals surface area contributed by atoms with Gasteiger partial charge in [-0.05, 0) is 29.3 Å². The highest BCUT2D eigenvalue weighted by Crippen LogP contribution is 2.42. The van der Waals surface area contributed by atoms with Crippen LogP contribution in [-0.4, -0.2) is 4.57 Å². The summed E-state index contributed by atoms with van der Waals surface area (Å²) in [6.45, 7) is 0. The van der Waals surface area contributed by atoms with Gasteiger partial charge in [0.15, 0.2) is 0 Å². The molecule has 182 valence electrons. The minimum absolute atomic E-state index is 0.170. The van der Waals surface area contributed by atoms with Crippen LogP contribution in [0.5, 0.6) is 0 Å². The predicted molar refractivity (Wildman–Crippen MR) is 119 cm³/mol. The van der Waals surface area contributed by atoms with E-state index < -0.39 is 51.9 Å². The standard InChI is InChI=1S/C24H12F6N4OS/c25-23(26,27)16-7-3-1-5-12(16)9-18-21(35)34-20(33)14(10-31)19(15(11-32)22(34)36-18)13-6-2-4-8-17(13)24(28,29)30/h1-9,19H,33H2/b18-9-. The lowest BCUT2D eigenvalue weighted by molar-refractivity contribution is -0.138. The third kappa shape index (κ3) is 4.06. The molecule has 0 amide bonds. The van der Waals surface area contributed by atoms with Crippen LogP contribution in [0.25, 0.3) is 17.5 Å². The van der Waals surface area contributed by atoms with Crippen LogP contribution < -0.4 is 20.5 Å². The zero-order chi connectivity index (χ0) is 26.4. The van der Waals surface area contributed by atoms with E-state index in [9.17, 15) is 41.7 Å². The van der Waals surface area contributed by atoms with Crippen LogP contribution in [0.2, 0.25) is 0 Å². The van der Waals surface area contributed by atoms with Crippen molar-refractivity contribution in [2.24, 2.45) is 5.73 Å². The highest BCUT2D eigenvalue weighted by Gasteiger charge is 2.40. The van der Waals surface area contributed by atoms with Crippen molar-refractivity contribution in [1.29, 1.82) is 10.5 Å². The van der Waals surface area contributed by atoms with Crippen molar-refractivity contribution < 1.29 is 26.3 Å². The number of thiazole rings is 1. The second kappa shape index (κ2) is 8.73. The number of aromatic nitrogens is 1. The molecule has 0 aliphatic carbocycles. The average molecular weight is 518 g/mol. The van der Waals surface area contributed by atoms with Crippen LogP contribution in [-0.2, 0) is 12.4 Å². The van der Waals surface area contributed by atoms with Crippen LogP contribution in [0.4, 0.5) is 26.3 Å². The molecule has 0 bridgehead atoms. The van der Waals surface area contributed by atoms with Crippen molar-refractivity contribution in [1.82, 2.24) is 4.57 Å². The van der Waals surface area contributed by atoms with Gasteiger partial charge in [-0.1, -0.05) is 36.4 Å². The number of nitrogens with zero attached hydrogens (tertiary/aromatic N) is 3. The average Bonchev–Trinajstić information content (AvgIpc) is 3.14. The Labute approximate surface area is 202 Å². The lowest BCUT2D eigenvalue weighted by Crippen LogP contribution is -2.38. The number of hydrogen-bond acceptors (Lipinski definition) is 5. The fourth-order valence-electron chi connectivity index (χ4n) is 3.99. The molecule has 3 aromatic rings. The molecular formula is C24H12F6N4OS. The van der Waals surface area contributed by atoms with Crippen molar-refractivity contribution in [2.45, 2.75) is 18.3 Å². The maximum atomic E-state index is 13.7. The number of nitriles is 2. The highest BCUT2D eigenvalue weighted by molar-refractivity contribution is 7.07. The summed E-state index contributed by atoms with van der Waals surface area (Å²) in [6, 6.07) is 12.3. The highest BCUT2D eigenvalue weighted by atomic mass is 32.1. The molecule has 1 aliphatic heterocycles. The fourth-order valence-corrected chi connectivity index (χ4v) is 5.11. The molecule has 4 rings (SSSR count). The molecule has 0 saturated heterocycles. The molecule has 2 heterocycles. The van der Waals surface area contributed by atoms with Gasteiger partial charge in [-0.25, -0.2) is 0 Å². The molecular weight excluding hydrogens is 506 g/mol. The van der Waals surface area contributed by atoms with E-state index in [0.29, 0.717) is 11.3 Å². The third-order valence-corrected chi connectivity index (χ3v) is 6.63. The topological polar surface area (TPSA) is 95.6 Å². The van der Waals surface area contributed by atoms with Gasteiger partial charge >= 0.3 is 12.4 Å². The number of hydrogen-bond donors (Lipinski definition) is 1. The Morgan fingerprint density at radius 2 is 1.44 bits per heavy atom. The summed E-state index contributed by atoms with van der Waals surface area (Å²) in [5.41, 5.74) is 1.46. The summed E-state index contributed by atoms with van der Waals surface area (Å²) < 4.78 is 81.8. The van der Waals surface area contributed by atoms with E-state index in [1.54, 1.807) is 12.1 Å². The number of nitrogens with two attached hydrogens (primary N) is 1. The van der Waals surface area contributed by atoms with Gasteiger partial charge in [-0.2, -0.15) is 36.9 Å². The van der Waals surface area contributed by atoms with Gasteiger partial charge in [0.25, 0.3) is 5.56 Å². The van der Waals surface area contributed by atoms with Gasteiger partial charge in [-0.15, -0.1) is 11.3 Å². The van der Waals surface area contributed by atoms with Crippen LogP contribution in [0.3, 0.4) is 0 Å². The Morgan fingerprint density at radius 3 is 2.03 bits per heavy atom.